The predicted octanol–water partition coefficient (Wildman–Crippen LogP) is 1.94. The van der Waals surface area contributed by atoms with Crippen molar-refractivity contribution in [1.82, 2.24) is 0 Å². The van der Waals surface area contributed by atoms with Gasteiger partial charge in [-0.15, -0.1) is 0 Å². The zero-order valence-electron chi connectivity index (χ0n) is 7.76. The third-order valence-electron chi connectivity index (χ3n) is 1.99. The third-order valence-corrected chi connectivity index (χ3v) is 1.99. The van der Waals surface area contributed by atoms with Crippen LogP contribution in [0.3, 0.4) is 0 Å². The maximum Gasteiger partial charge on any atom is 0.488 e. The van der Waals surface area contributed by atoms with Gasteiger partial charge in [-0.3, -0.25) is 5.73 Å². The molecule has 0 aliphatic carbocycles. The largest absolute Gasteiger partial charge is 0.488 e. The average Bonchev–Trinajstić information content (AvgIpc) is 2.07. The molecule has 1 aromatic carbocycles. The Balaban J connectivity index is 2.47. The smallest absolute Gasteiger partial charge is 0.434 e. The molecule has 1 heterocycles. The number of aryl methyl sites for hydroxylation is 1. The first kappa shape index (κ1) is 10.1. The first-order valence-corrected chi connectivity index (χ1v) is 4.16. The molecule has 6 heteroatoms. The fraction of sp³-hybridized carbons (Fsp3) is 0.333. The summed E-state index contributed by atoms with van der Waals surface area (Å²) >= 11 is 0. The van der Waals surface area contributed by atoms with Gasteiger partial charge >= 0.3 is 12.1 Å². The van der Waals surface area contributed by atoms with Gasteiger partial charge in [-0.1, -0.05) is 6.07 Å². The second-order valence-corrected chi connectivity index (χ2v) is 3.32. The molecule has 15 heavy (non-hydrogen) atoms. The Morgan fingerprint density at radius 3 is 2.47 bits per heavy atom. The van der Waals surface area contributed by atoms with E-state index in [9.17, 15) is 13.2 Å². The summed E-state index contributed by atoms with van der Waals surface area (Å²) in [5.74, 6) is -4.01. The van der Waals surface area contributed by atoms with Crippen LogP contribution in [0.4, 0.5) is 13.2 Å². The van der Waals surface area contributed by atoms with Gasteiger partial charge in [0.05, 0.1) is 0 Å². The fourth-order valence-electron chi connectivity index (χ4n) is 1.21. The zero-order chi connectivity index (χ0) is 11.3. The Hall–Kier alpha value is -1.43. The van der Waals surface area contributed by atoms with Crippen molar-refractivity contribution < 1.29 is 22.6 Å². The van der Waals surface area contributed by atoms with Crippen molar-refractivity contribution in [3.63, 3.8) is 0 Å². The highest BCUT2D eigenvalue weighted by Gasteiger charge is 2.61. The van der Waals surface area contributed by atoms with Gasteiger partial charge in [-0.25, -0.2) is 0 Å². The van der Waals surface area contributed by atoms with Crippen LogP contribution in [0.25, 0.3) is 0 Å². The van der Waals surface area contributed by atoms with E-state index in [0.717, 1.165) is 0 Å². The Morgan fingerprint density at radius 2 is 1.80 bits per heavy atom. The Morgan fingerprint density at radius 1 is 1.13 bits per heavy atom. The quantitative estimate of drug-likeness (QED) is 0.678. The molecule has 1 aliphatic rings. The van der Waals surface area contributed by atoms with Crippen LogP contribution < -0.4 is 15.2 Å². The predicted molar refractivity (Wildman–Crippen MR) is 45.4 cm³/mol. The van der Waals surface area contributed by atoms with E-state index in [2.05, 4.69) is 15.2 Å². The molecule has 82 valence electrons. The van der Waals surface area contributed by atoms with Crippen LogP contribution in [0.5, 0.6) is 11.5 Å². The molecule has 0 bridgehead atoms. The van der Waals surface area contributed by atoms with E-state index < -0.39 is 12.1 Å². The Bertz CT molecular complexity index is 406. The third kappa shape index (κ3) is 1.50. The van der Waals surface area contributed by atoms with Gasteiger partial charge in [0.15, 0.2) is 11.5 Å². The highest BCUT2D eigenvalue weighted by Crippen LogP contribution is 2.43. The number of hydrogen-bond donors (Lipinski definition) is 1. The van der Waals surface area contributed by atoms with Crippen LogP contribution in [0, 0.1) is 6.92 Å². The van der Waals surface area contributed by atoms with E-state index >= 15 is 0 Å². The molecule has 2 rings (SSSR count). The molecule has 0 fully saturated rings. The minimum Gasteiger partial charge on any atom is -0.434 e. The fourth-order valence-corrected chi connectivity index (χ4v) is 1.21. The summed E-state index contributed by atoms with van der Waals surface area (Å²) in [5.41, 5.74) is 5.34. The summed E-state index contributed by atoms with van der Waals surface area (Å²) in [5, 5.41) is 0. The van der Waals surface area contributed by atoms with Gasteiger partial charge in [-0.2, -0.15) is 13.2 Å². The molecule has 0 saturated carbocycles. The Kier molecular flexibility index (Phi) is 1.88. The first-order chi connectivity index (χ1) is 6.82. The molecule has 0 amide bonds. The number of alkyl halides is 3. The van der Waals surface area contributed by atoms with E-state index in [-0.39, 0.29) is 11.5 Å². The van der Waals surface area contributed by atoms with Gasteiger partial charge in [0.1, 0.15) is 0 Å². The molecule has 0 spiro atoms. The monoisotopic (exact) mass is 219 g/mol. The van der Waals surface area contributed by atoms with Gasteiger partial charge in [0, 0.05) is 0 Å². The molecular formula is C9H8F3NO2. The normalized spacial score (nSPS) is 27.5. The van der Waals surface area contributed by atoms with Crippen LogP contribution >= 0.6 is 0 Å². The number of fused-ring (bicyclic) bond motifs is 1. The molecule has 0 radical (unpaired) electrons. The number of ether oxygens (including phenoxy) is 2. The Labute approximate surface area is 83.6 Å². The van der Waals surface area contributed by atoms with Gasteiger partial charge in [0.2, 0.25) is 0 Å². The SMILES string of the molecule is Cc1ccc2c(c1)OC(F)(F)C(N)(F)O2. The number of hydrogen-bond acceptors (Lipinski definition) is 3. The molecule has 1 unspecified atom stereocenters. The number of nitrogens with two attached hydrogens (primary N) is 1. The lowest BCUT2D eigenvalue weighted by atomic mass is 10.2. The summed E-state index contributed by atoms with van der Waals surface area (Å²) in [7, 11) is 0. The average molecular weight is 219 g/mol. The van der Waals surface area contributed by atoms with Crippen molar-refractivity contribution in [2.24, 2.45) is 5.73 Å². The molecule has 3 nitrogen and oxygen atoms in total. The lowest BCUT2D eigenvalue weighted by Gasteiger charge is -2.34. The van der Waals surface area contributed by atoms with Gasteiger partial charge in [0.25, 0.3) is 0 Å². The summed E-state index contributed by atoms with van der Waals surface area (Å²) < 4.78 is 47.5. The highest BCUT2D eigenvalue weighted by atomic mass is 19.3. The second kappa shape index (κ2) is 2.79. The lowest BCUT2D eigenvalue weighted by Crippen LogP contribution is -2.61. The van der Waals surface area contributed by atoms with Crippen molar-refractivity contribution in [1.29, 1.82) is 0 Å². The topological polar surface area (TPSA) is 44.5 Å². The van der Waals surface area contributed by atoms with E-state index in [4.69, 9.17) is 0 Å². The number of benzene rings is 1. The van der Waals surface area contributed by atoms with Crippen LogP contribution in [0.1, 0.15) is 5.56 Å². The van der Waals surface area contributed by atoms with Crippen molar-refractivity contribution >= 4 is 0 Å². The molecule has 0 aromatic heterocycles. The maximum atomic E-state index is 13.1. The molecule has 1 atom stereocenters. The minimum atomic E-state index is -4.20. The lowest BCUT2D eigenvalue weighted by molar-refractivity contribution is -0.337. The number of rotatable bonds is 0. The van der Waals surface area contributed by atoms with Crippen molar-refractivity contribution in [3.05, 3.63) is 23.8 Å². The molecular weight excluding hydrogens is 211 g/mol. The van der Waals surface area contributed by atoms with E-state index in [1.54, 1.807) is 13.0 Å². The molecule has 0 saturated heterocycles. The number of halogens is 3. The molecule has 2 N–H and O–H groups in total. The summed E-state index contributed by atoms with van der Waals surface area (Å²) in [6, 6.07) is 4.21. The highest BCUT2D eigenvalue weighted by molar-refractivity contribution is 5.44. The van der Waals surface area contributed by atoms with Crippen LogP contribution in [-0.2, 0) is 0 Å². The molecule has 1 aromatic rings. The minimum absolute atomic E-state index is 0.142. The first-order valence-electron chi connectivity index (χ1n) is 4.16. The zero-order valence-corrected chi connectivity index (χ0v) is 7.76. The maximum absolute atomic E-state index is 13.1. The van der Waals surface area contributed by atoms with Gasteiger partial charge in [-0.05, 0) is 24.6 Å². The van der Waals surface area contributed by atoms with Crippen LogP contribution in [0.15, 0.2) is 18.2 Å². The second-order valence-electron chi connectivity index (χ2n) is 3.32. The van der Waals surface area contributed by atoms with E-state index in [0.29, 0.717) is 5.56 Å². The van der Waals surface area contributed by atoms with E-state index in [1.165, 1.54) is 12.1 Å². The van der Waals surface area contributed by atoms with Crippen molar-refractivity contribution in [2.75, 3.05) is 0 Å². The standard InChI is InChI=1S/C9H8F3NO2/c1-5-2-3-6-7(4-5)14-8(10,11)9(12,13)15-6/h2-4H,13H2,1H3. The molecule has 1 aliphatic heterocycles. The summed E-state index contributed by atoms with van der Waals surface area (Å²) in [6.45, 7) is 1.68. The van der Waals surface area contributed by atoms with Crippen molar-refractivity contribution in [3.8, 4) is 11.5 Å². The summed E-state index contributed by atoms with van der Waals surface area (Å²) in [4.78, 5) is 0. The van der Waals surface area contributed by atoms with Crippen LogP contribution in [-0.4, -0.2) is 12.1 Å². The van der Waals surface area contributed by atoms with E-state index in [1.807, 2.05) is 0 Å². The van der Waals surface area contributed by atoms with Gasteiger partial charge < -0.3 is 9.47 Å². The van der Waals surface area contributed by atoms with Crippen LogP contribution in [0.2, 0.25) is 0 Å². The van der Waals surface area contributed by atoms with Crippen molar-refractivity contribution in [2.45, 2.75) is 19.0 Å². The summed E-state index contributed by atoms with van der Waals surface area (Å²) in [6.07, 6.45) is -4.20.